The van der Waals surface area contributed by atoms with Gasteiger partial charge in [0.2, 0.25) is 0 Å². The fourth-order valence-corrected chi connectivity index (χ4v) is 3.75. The molecule has 0 aromatic heterocycles. The van der Waals surface area contributed by atoms with Crippen LogP contribution in [0.1, 0.15) is 31.7 Å². The van der Waals surface area contributed by atoms with E-state index in [1.165, 1.54) is 5.01 Å². The van der Waals surface area contributed by atoms with Gasteiger partial charge >= 0.3 is 6.03 Å². The molecule has 0 saturated carbocycles. The highest BCUT2D eigenvalue weighted by Gasteiger charge is 2.40. The van der Waals surface area contributed by atoms with Crippen molar-refractivity contribution in [3.63, 3.8) is 0 Å². The second kappa shape index (κ2) is 9.61. The van der Waals surface area contributed by atoms with Crippen molar-refractivity contribution >= 4 is 40.6 Å². The molecule has 1 aliphatic rings. The molecule has 0 fully saturated rings. The fourth-order valence-electron chi connectivity index (χ4n) is 3.49. The number of methoxy groups -OCH3 is 1. The lowest BCUT2D eigenvalue weighted by atomic mass is 9.78. The zero-order chi connectivity index (χ0) is 20.9. The minimum absolute atomic E-state index is 0.251. The average Bonchev–Trinajstić information content (AvgIpc) is 3.06. The van der Waals surface area contributed by atoms with Crippen LogP contribution in [-0.2, 0) is 4.74 Å². The maximum Gasteiger partial charge on any atom is 0.342 e. The number of hydrazone groups is 1. The van der Waals surface area contributed by atoms with Crippen molar-refractivity contribution < 1.29 is 9.53 Å². The Labute approximate surface area is 181 Å². The number of nitrogens with zero attached hydrogens (tertiary/aromatic N) is 2. The lowest BCUT2D eigenvalue weighted by Crippen LogP contribution is -2.35. The lowest BCUT2D eigenvalue weighted by molar-refractivity contribution is 0.185. The second-order valence-electron chi connectivity index (χ2n) is 7.46. The number of ether oxygens (including phenoxy) is 1. The van der Waals surface area contributed by atoms with Crippen molar-refractivity contribution in [1.82, 2.24) is 5.01 Å². The van der Waals surface area contributed by atoms with Crippen LogP contribution in [0.5, 0.6) is 0 Å². The third-order valence-corrected chi connectivity index (χ3v) is 5.57. The number of benzene rings is 2. The molecule has 0 bridgehead atoms. The topological polar surface area (TPSA) is 53.9 Å². The number of hydrogen-bond donors (Lipinski definition) is 1. The van der Waals surface area contributed by atoms with Gasteiger partial charge in [0.05, 0.1) is 12.3 Å². The van der Waals surface area contributed by atoms with Crippen LogP contribution in [0.2, 0.25) is 10.0 Å². The Morgan fingerprint density at radius 1 is 1.10 bits per heavy atom. The molecule has 1 N–H and O–H groups in total. The van der Waals surface area contributed by atoms with Crippen molar-refractivity contribution in [1.29, 1.82) is 0 Å². The first-order valence-corrected chi connectivity index (χ1v) is 10.3. The number of nitrogens with one attached hydrogen (secondary N) is 1. The Hall–Kier alpha value is -2.08. The Bertz CT molecular complexity index is 869. The Morgan fingerprint density at radius 2 is 1.72 bits per heavy atom. The van der Waals surface area contributed by atoms with Gasteiger partial charge in [0.15, 0.2) is 0 Å². The molecule has 29 heavy (non-hydrogen) atoms. The van der Waals surface area contributed by atoms with E-state index in [9.17, 15) is 4.79 Å². The quantitative estimate of drug-likeness (QED) is 0.538. The normalized spacial score (nSPS) is 18.6. The summed E-state index contributed by atoms with van der Waals surface area (Å²) in [5.41, 5.74) is 2.30. The number of urea groups is 1. The minimum Gasteiger partial charge on any atom is -0.385 e. The molecule has 0 spiro atoms. The summed E-state index contributed by atoms with van der Waals surface area (Å²) < 4.78 is 5.17. The molecule has 3 rings (SSSR count). The number of carbonyl (C=O) groups is 1. The van der Waals surface area contributed by atoms with Gasteiger partial charge in [-0.1, -0.05) is 48.7 Å². The van der Waals surface area contributed by atoms with Crippen molar-refractivity contribution in [2.45, 2.75) is 26.2 Å². The number of anilines is 1. The van der Waals surface area contributed by atoms with Crippen molar-refractivity contribution in [3.8, 4) is 0 Å². The van der Waals surface area contributed by atoms with Gasteiger partial charge in [-0.15, -0.1) is 0 Å². The number of unbranched alkanes of at least 4 members (excludes halogenated alkanes) is 1. The zero-order valence-electron chi connectivity index (χ0n) is 16.6. The summed E-state index contributed by atoms with van der Waals surface area (Å²) in [6, 6.07) is 14.4. The van der Waals surface area contributed by atoms with Gasteiger partial charge < -0.3 is 10.1 Å². The molecular weight excluding hydrogens is 409 g/mol. The first-order valence-electron chi connectivity index (χ1n) is 9.59. The highest BCUT2D eigenvalue weighted by Crippen LogP contribution is 2.36. The van der Waals surface area contributed by atoms with E-state index in [1.54, 1.807) is 31.4 Å². The van der Waals surface area contributed by atoms with E-state index in [-0.39, 0.29) is 11.4 Å². The van der Waals surface area contributed by atoms with Gasteiger partial charge in [-0.05, 0) is 54.8 Å². The summed E-state index contributed by atoms with van der Waals surface area (Å²) in [7, 11) is 1.71. The molecule has 1 unspecified atom stereocenters. The molecule has 1 heterocycles. The van der Waals surface area contributed by atoms with Gasteiger partial charge in [0.1, 0.15) is 0 Å². The molecule has 1 atom stereocenters. The molecule has 0 radical (unpaired) electrons. The molecule has 154 valence electrons. The molecule has 0 saturated heterocycles. The third kappa shape index (κ3) is 5.50. The van der Waals surface area contributed by atoms with Gasteiger partial charge in [0.25, 0.3) is 0 Å². The molecule has 1 aliphatic heterocycles. The van der Waals surface area contributed by atoms with E-state index < -0.39 is 0 Å². The molecular formula is C22H25Cl2N3O2. The Balaban J connectivity index is 1.80. The summed E-state index contributed by atoms with van der Waals surface area (Å²) in [4.78, 5) is 12.8. The maximum atomic E-state index is 12.8. The lowest BCUT2D eigenvalue weighted by Gasteiger charge is -2.26. The van der Waals surface area contributed by atoms with E-state index in [4.69, 9.17) is 33.0 Å². The Morgan fingerprint density at radius 3 is 2.34 bits per heavy atom. The van der Waals surface area contributed by atoms with Crippen LogP contribution in [0, 0.1) is 5.41 Å². The summed E-state index contributed by atoms with van der Waals surface area (Å²) in [6.07, 6.45) is 2.86. The predicted molar refractivity (Wildman–Crippen MR) is 119 cm³/mol. The highest BCUT2D eigenvalue weighted by molar-refractivity contribution is 6.31. The van der Waals surface area contributed by atoms with E-state index >= 15 is 0 Å². The van der Waals surface area contributed by atoms with Gasteiger partial charge in [-0.3, -0.25) is 0 Å². The number of hydrogen-bond acceptors (Lipinski definition) is 3. The average molecular weight is 434 g/mol. The molecule has 2 amide bonds. The maximum absolute atomic E-state index is 12.8. The van der Waals surface area contributed by atoms with Crippen LogP contribution >= 0.6 is 23.2 Å². The largest absolute Gasteiger partial charge is 0.385 e. The predicted octanol–water partition coefficient (Wildman–Crippen LogP) is 6.07. The molecule has 5 nitrogen and oxygen atoms in total. The van der Waals surface area contributed by atoms with E-state index in [0.29, 0.717) is 22.3 Å². The number of amides is 2. The van der Waals surface area contributed by atoms with E-state index in [2.05, 4.69) is 12.2 Å². The fraction of sp³-hybridized carbons (Fsp3) is 0.364. The summed E-state index contributed by atoms with van der Waals surface area (Å²) in [5.74, 6) is 0. The van der Waals surface area contributed by atoms with Gasteiger partial charge in [-0.2, -0.15) is 5.10 Å². The SMILES string of the molecule is COCCCCC1(C)CN(C(=O)Nc2ccc(Cl)cc2)N=C1c1ccc(Cl)cc1. The summed E-state index contributed by atoms with van der Waals surface area (Å²) in [5, 5.41) is 10.4. The smallest absolute Gasteiger partial charge is 0.342 e. The van der Waals surface area contributed by atoms with Crippen molar-refractivity contribution in [3.05, 3.63) is 64.1 Å². The van der Waals surface area contributed by atoms with Gasteiger partial charge in [0, 0.05) is 34.9 Å². The Kier molecular flexibility index (Phi) is 7.17. The van der Waals surface area contributed by atoms with E-state index in [1.807, 2.05) is 24.3 Å². The third-order valence-electron chi connectivity index (χ3n) is 5.07. The first-order chi connectivity index (χ1) is 13.9. The molecule has 2 aromatic carbocycles. The van der Waals surface area contributed by atoms with Crippen LogP contribution in [0.25, 0.3) is 0 Å². The zero-order valence-corrected chi connectivity index (χ0v) is 18.1. The van der Waals surface area contributed by atoms with Gasteiger partial charge in [-0.25, -0.2) is 9.80 Å². The van der Waals surface area contributed by atoms with Crippen molar-refractivity contribution in [2.75, 3.05) is 25.6 Å². The summed E-state index contributed by atoms with van der Waals surface area (Å²) >= 11 is 12.0. The monoisotopic (exact) mass is 433 g/mol. The van der Waals surface area contributed by atoms with Crippen LogP contribution in [0.3, 0.4) is 0 Å². The molecule has 2 aromatic rings. The van der Waals surface area contributed by atoms with Crippen LogP contribution in [0.15, 0.2) is 53.6 Å². The standard InChI is InChI=1S/C22H25Cl2N3O2/c1-22(13-3-4-14-29-2)15-27(21(28)25-19-11-9-18(24)10-12-19)26-20(22)16-5-7-17(23)8-6-16/h5-12H,3-4,13-15H2,1-2H3,(H,25,28). The minimum atomic E-state index is -0.264. The number of halogens is 2. The highest BCUT2D eigenvalue weighted by atomic mass is 35.5. The molecule has 7 heteroatoms. The first kappa shape index (κ1) is 21.6. The van der Waals surface area contributed by atoms with Crippen LogP contribution in [0.4, 0.5) is 10.5 Å². The number of rotatable bonds is 7. The van der Waals surface area contributed by atoms with Crippen molar-refractivity contribution in [2.24, 2.45) is 10.5 Å². The second-order valence-corrected chi connectivity index (χ2v) is 8.33. The number of carbonyl (C=O) groups excluding carboxylic acids is 1. The van der Waals surface area contributed by atoms with Crippen LogP contribution in [-0.4, -0.2) is 37.0 Å². The van der Waals surface area contributed by atoms with Crippen LogP contribution < -0.4 is 5.32 Å². The van der Waals surface area contributed by atoms with E-state index in [0.717, 1.165) is 37.1 Å². The molecule has 0 aliphatic carbocycles. The summed E-state index contributed by atoms with van der Waals surface area (Å²) in [6.45, 7) is 3.39.